The fourth-order valence-electron chi connectivity index (χ4n) is 4.66. The molecule has 1 aliphatic heterocycles. The van der Waals surface area contributed by atoms with E-state index in [-0.39, 0.29) is 8.52 Å². The topological polar surface area (TPSA) is 152 Å². The van der Waals surface area contributed by atoms with Gasteiger partial charge in [-0.05, 0) is 0 Å². The van der Waals surface area contributed by atoms with Crippen LogP contribution in [0, 0.1) is 0 Å². The standard InChI is InChI=1S/C36H33N6O6P3/c37-28-16-22-31(23-17-28)43-41-49-40-51(46-34-10-4-1-5-11-34,47-35-12-6-2-7-13-35,48-36-14-8-3-9-15-36)42(44-32-24-18-29(38)19-25-32)50(41)45-33-26-20-30(39)21-27-33/h1-27H,37-39H2. The van der Waals surface area contributed by atoms with Gasteiger partial charge in [0.1, 0.15) is 0 Å². The molecule has 0 aromatic heterocycles. The number of benzene rings is 6. The molecule has 51 heavy (non-hydrogen) atoms. The Labute approximate surface area is 297 Å². The van der Waals surface area contributed by atoms with Crippen LogP contribution < -0.4 is 45.0 Å². The molecule has 15 heteroatoms. The van der Waals surface area contributed by atoms with Crippen LogP contribution in [0.4, 0.5) is 17.1 Å². The second kappa shape index (κ2) is 14.7. The third kappa shape index (κ3) is 7.76. The van der Waals surface area contributed by atoms with Gasteiger partial charge >= 0.3 is 299 Å². The molecule has 1 aliphatic rings. The first-order chi connectivity index (χ1) is 24.9. The third-order valence-electron chi connectivity index (χ3n) is 7.06. The van der Waals surface area contributed by atoms with Crippen molar-refractivity contribution < 1.29 is 27.8 Å². The van der Waals surface area contributed by atoms with Crippen molar-refractivity contribution in [3.63, 3.8) is 0 Å². The van der Waals surface area contributed by atoms with Crippen molar-refractivity contribution in [2.45, 2.75) is 0 Å². The van der Waals surface area contributed by atoms with Gasteiger partial charge in [-0.3, -0.25) is 0 Å². The van der Waals surface area contributed by atoms with Crippen LogP contribution in [-0.4, -0.2) is 9.21 Å². The van der Waals surface area contributed by atoms with Crippen molar-refractivity contribution in [1.29, 1.82) is 0 Å². The summed E-state index contributed by atoms with van der Waals surface area (Å²) in [6.45, 7) is 0. The minimum atomic E-state index is -5.28. The third-order valence-corrected chi connectivity index (χ3v) is 14.2. The number of hydrogen-bond acceptors (Lipinski definition) is 12. The van der Waals surface area contributed by atoms with Gasteiger partial charge in [0.25, 0.3) is 0 Å². The molecule has 0 fully saturated rings. The van der Waals surface area contributed by atoms with E-state index in [1.165, 1.54) is 9.21 Å². The summed E-state index contributed by atoms with van der Waals surface area (Å²) in [5.41, 5.74) is 19.8. The van der Waals surface area contributed by atoms with Gasteiger partial charge in [-0.25, -0.2) is 0 Å². The normalized spacial score (nSPS) is 17.6. The van der Waals surface area contributed by atoms with Gasteiger partial charge in [-0.1, -0.05) is 0 Å². The van der Waals surface area contributed by atoms with Crippen LogP contribution in [0.25, 0.3) is 0 Å². The minimum absolute atomic E-state index is 0.196. The summed E-state index contributed by atoms with van der Waals surface area (Å²) in [6.07, 6.45) is 0. The molecule has 0 amide bonds. The first-order valence-electron chi connectivity index (χ1n) is 15.6. The van der Waals surface area contributed by atoms with Crippen LogP contribution in [0.2, 0.25) is 0 Å². The zero-order valence-electron chi connectivity index (χ0n) is 27.0. The number of nitrogens with zero attached hydrogens (tertiary/aromatic N) is 3. The van der Waals surface area contributed by atoms with E-state index >= 15 is 0 Å². The summed E-state index contributed by atoms with van der Waals surface area (Å²) in [6, 6.07) is 48.1. The molecule has 1 heterocycles. The fraction of sp³-hybridized carbons (Fsp3) is 0. The Bertz CT molecular complexity index is 1960. The predicted molar refractivity (Wildman–Crippen MR) is 203 cm³/mol. The monoisotopic (exact) mass is 738 g/mol. The molecule has 6 N–H and O–H groups in total. The molecule has 12 nitrogen and oxygen atoms in total. The zero-order valence-corrected chi connectivity index (χ0v) is 29.6. The number of anilines is 3. The Morgan fingerprint density at radius 1 is 0.451 bits per heavy atom. The van der Waals surface area contributed by atoms with Gasteiger partial charge in [0.2, 0.25) is 0 Å². The van der Waals surface area contributed by atoms with Crippen LogP contribution in [0.15, 0.2) is 168 Å². The van der Waals surface area contributed by atoms with Crippen LogP contribution in [0.3, 0.4) is 0 Å². The Hall–Kier alpha value is -5.60. The molecule has 0 aliphatic carbocycles. The van der Waals surface area contributed by atoms with Crippen LogP contribution >= 0.6 is 24.6 Å². The first-order valence-corrected chi connectivity index (χ1v) is 19.4. The maximum absolute atomic E-state index is 7.05. The molecule has 1 unspecified atom stereocenters. The molecular weight excluding hydrogens is 705 g/mol. The summed E-state index contributed by atoms with van der Waals surface area (Å²) >= 11 is 0. The molecule has 7 rings (SSSR count). The van der Waals surface area contributed by atoms with Gasteiger partial charge in [-0.2, -0.15) is 0 Å². The fourth-order valence-corrected chi connectivity index (χ4v) is 12.3. The Morgan fingerprint density at radius 3 is 1.24 bits per heavy atom. The van der Waals surface area contributed by atoms with E-state index in [0.29, 0.717) is 51.6 Å². The van der Waals surface area contributed by atoms with Crippen molar-refractivity contribution >= 4 is 41.6 Å². The number of nitrogens with two attached hydrogens (primary N) is 3. The van der Waals surface area contributed by atoms with Crippen molar-refractivity contribution in [3.8, 4) is 34.5 Å². The summed E-state index contributed by atoms with van der Waals surface area (Å²) < 4.78 is 36.1. The summed E-state index contributed by atoms with van der Waals surface area (Å²) in [5.74, 6) is 2.44. The number of nitrogen functional groups attached to an aromatic ring is 3. The van der Waals surface area contributed by atoms with E-state index < -0.39 is 16.0 Å². The summed E-state index contributed by atoms with van der Waals surface area (Å²) in [7, 11) is -7.37. The van der Waals surface area contributed by atoms with E-state index in [2.05, 4.69) is 0 Å². The van der Waals surface area contributed by atoms with Gasteiger partial charge in [-0.15, -0.1) is 0 Å². The number of rotatable bonds is 12. The van der Waals surface area contributed by atoms with Gasteiger partial charge in [0.15, 0.2) is 0 Å². The molecular formula is C36H33N6O6P3. The quantitative estimate of drug-likeness (QED) is 0.0812. The van der Waals surface area contributed by atoms with E-state index in [1.807, 2.05) is 54.6 Å². The molecule has 1 atom stereocenters. The van der Waals surface area contributed by atoms with E-state index in [4.69, 9.17) is 49.5 Å². The molecule has 6 aromatic rings. The number of para-hydroxylation sites is 3. The van der Waals surface area contributed by atoms with Crippen molar-refractivity contribution in [2.75, 3.05) is 17.2 Å². The second-order valence-corrected chi connectivity index (χ2v) is 16.8. The molecule has 0 saturated heterocycles. The average Bonchev–Trinajstić information content (AvgIpc) is 3.15. The molecule has 0 bridgehead atoms. The summed E-state index contributed by atoms with van der Waals surface area (Å²) in [5, 5.41) is 0. The average molecular weight is 739 g/mol. The summed E-state index contributed by atoms with van der Waals surface area (Å²) in [4.78, 5) is 13.3. The van der Waals surface area contributed by atoms with E-state index in [1.54, 1.807) is 109 Å². The molecule has 258 valence electrons. The number of hydrogen-bond donors (Lipinski definition) is 3. The Morgan fingerprint density at radius 2 is 0.824 bits per heavy atom. The first kappa shape index (κ1) is 33.9. The van der Waals surface area contributed by atoms with E-state index in [0.717, 1.165) is 0 Å². The SMILES string of the molecule is Nc1ccc(ON2P=NP(Oc3ccccc3)(Oc3ccccc3)(Oc3ccccc3)N(Oc3ccc(N)cc3)P2Oc2ccc(N)cc2)cc1. The maximum atomic E-state index is 7.05. The molecule has 0 saturated carbocycles. The molecule has 0 radical (unpaired) electrons. The second-order valence-electron chi connectivity index (χ2n) is 10.9. The van der Waals surface area contributed by atoms with Crippen LogP contribution in [-0.2, 0) is 0 Å². The molecule has 0 spiro atoms. The zero-order chi connectivity index (χ0) is 35.1. The van der Waals surface area contributed by atoms with Gasteiger partial charge < -0.3 is 0 Å². The van der Waals surface area contributed by atoms with Crippen molar-refractivity contribution in [2.24, 2.45) is 4.52 Å². The van der Waals surface area contributed by atoms with E-state index in [9.17, 15) is 0 Å². The Kier molecular flexibility index (Phi) is 9.77. The van der Waals surface area contributed by atoms with Gasteiger partial charge in [0.05, 0.1) is 0 Å². The van der Waals surface area contributed by atoms with Gasteiger partial charge in [0, 0.05) is 0 Å². The van der Waals surface area contributed by atoms with Crippen molar-refractivity contribution in [3.05, 3.63) is 164 Å². The van der Waals surface area contributed by atoms with Crippen LogP contribution in [0.5, 0.6) is 34.5 Å². The molecule has 6 aromatic carbocycles. The van der Waals surface area contributed by atoms with Crippen LogP contribution in [0.1, 0.15) is 0 Å². The van der Waals surface area contributed by atoms with Crippen molar-refractivity contribution in [1.82, 2.24) is 9.21 Å². The predicted octanol–water partition coefficient (Wildman–Crippen LogP) is 10.1. The Balaban J connectivity index is 1.50.